The minimum atomic E-state index is -0.318. The van der Waals surface area contributed by atoms with E-state index in [9.17, 15) is 9.18 Å². The first kappa shape index (κ1) is 16.7. The van der Waals surface area contributed by atoms with Crippen LogP contribution in [0.25, 0.3) is 11.3 Å². The van der Waals surface area contributed by atoms with Crippen LogP contribution in [-0.4, -0.2) is 35.6 Å². The fourth-order valence-electron chi connectivity index (χ4n) is 3.07. The fourth-order valence-corrected chi connectivity index (χ4v) is 3.07. The van der Waals surface area contributed by atoms with Crippen molar-refractivity contribution in [3.8, 4) is 11.3 Å². The molecule has 24 heavy (non-hydrogen) atoms. The van der Waals surface area contributed by atoms with Gasteiger partial charge in [-0.3, -0.25) is 4.79 Å². The van der Waals surface area contributed by atoms with Gasteiger partial charge in [-0.1, -0.05) is 12.1 Å². The number of aryl methyl sites for hydroxylation is 1. The number of halogens is 1. The maximum atomic E-state index is 13.8. The first-order chi connectivity index (χ1) is 11.7. The minimum Gasteiger partial charge on any atom is -0.461 e. The number of piperidine rings is 1. The molecule has 1 aliphatic rings. The van der Waals surface area contributed by atoms with Crippen LogP contribution in [0.4, 0.5) is 4.39 Å². The highest BCUT2D eigenvalue weighted by molar-refractivity contribution is 5.76. The molecule has 1 aromatic carbocycles. The Bertz CT molecular complexity index is 689. The molecule has 1 saturated heterocycles. The van der Waals surface area contributed by atoms with Crippen molar-refractivity contribution in [3.05, 3.63) is 48.0 Å². The van der Waals surface area contributed by atoms with Crippen molar-refractivity contribution in [2.45, 2.75) is 25.7 Å². The SMILES string of the molecule is O=C(CCc1ccc(-c2ccccc2F)o1)N1CCC(CO)CC1. The predicted molar refractivity (Wildman–Crippen MR) is 88.8 cm³/mol. The van der Waals surface area contributed by atoms with E-state index in [2.05, 4.69) is 0 Å². The number of aliphatic hydroxyl groups excluding tert-OH is 1. The first-order valence-electron chi connectivity index (χ1n) is 8.39. The van der Waals surface area contributed by atoms with Gasteiger partial charge in [0, 0.05) is 32.5 Å². The maximum Gasteiger partial charge on any atom is 0.223 e. The summed E-state index contributed by atoms with van der Waals surface area (Å²) in [5.74, 6) is 1.28. The van der Waals surface area contributed by atoms with Crippen molar-refractivity contribution in [2.75, 3.05) is 19.7 Å². The highest BCUT2D eigenvalue weighted by Gasteiger charge is 2.22. The molecule has 5 heteroatoms. The molecule has 128 valence electrons. The summed E-state index contributed by atoms with van der Waals surface area (Å²) in [7, 11) is 0. The number of hydrogen-bond acceptors (Lipinski definition) is 3. The lowest BCUT2D eigenvalue weighted by atomic mass is 9.97. The molecule has 2 aromatic rings. The van der Waals surface area contributed by atoms with Crippen LogP contribution in [0.3, 0.4) is 0 Å². The minimum absolute atomic E-state index is 0.107. The molecule has 1 aromatic heterocycles. The van der Waals surface area contributed by atoms with E-state index in [1.165, 1.54) is 6.07 Å². The number of hydrogen-bond donors (Lipinski definition) is 1. The third kappa shape index (κ3) is 3.85. The molecule has 0 radical (unpaired) electrons. The summed E-state index contributed by atoms with van der Waals surface area (Å²) < 4.78 is 19.4. The summed E-state index contributed by atoms with van der Waals surface area (Å²) in [6.07, 6.45) is 2.61. The fraction of sp³-hybridized carbons (Fsp3) is 0.421. The second-order valence-corrected chi connectivity index (χ2v) is 6.25. The van der Waals surface area contributed by atoms with Crippen molar-refractivity contribution in [1.29, 1.82) is 0 Å². The molecule has 1 aliphatic heterocycles. The number of furan rings is 1. The average molecular weight is 331 g/mol. The van der Waals surface area contributed by atoms with E-state index in [0.717, 1.165) is 12.8 Å². The molecule has 0 unspecified atom stereocenters. The Hall–Kier alpha value is -2.14. The number of carbonyl (C=O) groups excluding carboxylic acids is 1. The molecule has 1 N–H and O–H groups in total. The molecule has 0 aliphatic carbocycles. The van der Waals surface area contributed by atoms with E-state index in [0.29, 0.717) is 48.9 Å². The molecule has 3 rings (SSSR count). The number of likely N-dealkylation sites (tertiary alicyclic amines) is 1. The zero-order chi connectivity index (χ0) is 16.9. The standard InChI is InChI=1S/C19H22FNO3/c20-17-4-2-1-3-16(17)18-7-5-15(24-18)6-8-19(23)21-11-9-14(13-22)10-12-21/h1-5,7,14,22H,6,8-13H2. The van der Waals surface area contributed by atoms with Gasteiger partial charge < -0.3 is 14.4 Å². The average Bonchev–Trinajstić information content (AvgIpc) is 3.09. The number of nitrogens with zero attached hydrogens (tertiary/aromatic N) is 1. The monoisotopic (exact) mass is 331 g/mol. The molecule has 0 saturated carbocycles. The van der Waals surface area contributed by atoms with Crippen LogP contribution in [0.2, 0.25) is 0 Å². The Kier molecular flexibility index (Phi) is 5.30. The Morgan fingerprint density at radius 3 is 2.67 bits per heavy atom. The molecule has 0 atom stereocenters. The van der Waals surface area contributed by atoms with Crippen molar-refractivity contribution in [1.82, 2.24) is 4.90 Å². The number of aliphatic hydroxyl groups is 1. The zero-order valence-electron chi connectivity index (χ0n) is 13.6. The summed E-state index contributed by atoms with van der Waals surface area (Å²) in [5, 5.41) is 9.14. The molecular weight excluding hydrogens is 309 g/mol. The third-order valence-electron chi connectivity index (χ3n) is 4.61. The van der Waals surface area contributed by atoms with E-state index in [-0.39, 0.29) is 18.3 Å². The van der Waals surface area contributed by atoms with E-state index < -0.39 is 0 Å². The molecule has 1 amide bonds. The van der Waals surface area contributed by atoms with E-state index >= 15 is 0 Å². The van der Waals surface area contributed by atoms with Gasteiger partial charge in [0.2, 0.25) is 5.91 Å². The molecule has 4 nitrogen and oxygen atoms in total. The quantitative estimate of drug-likeness (QED) is 0.915. The Morgan fingerprint density at radius 2 is 1.96 bits per heavy atom. The summed E-state index contributed by atoms with van der Waals surface area (Å²) in [4.78, 5) is 14.1. The van der Waals surface area contributed by atoms with Crippen LogP contribution in [0, 0.1) is 11.7 Å². The first-order valence-corrected chi connectivity index (χ1v) is 8.39. The lowest BCUT2D eigenvalue weighted by Gasteiger charge is -2.31. The van der Waals surface area contributed by atoms with Crippen LogP contribution in [-0.2, 0) is 11.2 Å². The zero-order valence-corrected chi connectivity index (χ0v) is 13.6. The molecule has 0 spiro atoms. The summed E-state index contributed by atoms with van der Waals surface area (Å²) >= 11 is 0. The summed E-state index contributed by atoms with van der Waals surface area (Å²) in [6.45, 7) is 1.62. The topological polar surface area (TPSA) is 53.7 Å². The lowest BCUT2D eigenvalue weighted by molar-refractivity contribution is -0.132. The Balaban J connectivity index is 1.54. The van der Waals surface area contributed by atoms with Crippen LogP contribution in [0.15, 0.2) is 40.8 Å². The van der Waals surface area contributed by atoms with Gasteiger partial charge in [-0.25, -0.2) is 4.39 Å². The van der Waals surface area contributed by atoms with Gasteiger partial charge in [-0.05, 0) is 43.0 Å². The van der Waals surface area contributed by atoms with Gasteiger partial charge in [-0.15, -0.1) is 0 Å². The second kappa shape index (κ2) is 7.62. The molecular formula is C19H22FNO3. The number of benzene rings is 1. The highest BCUT2D eigenvalue weighted by Crippen LogP contribution is 2.25. The summed E-state index contributed by atoms with van der Waals surface area (Å²) in [6, 6.07) is 10.0. The number of rotatable bonds is 5. The molecule has 1 fully saturated rings. The molecule has 2 heterocycles. The normalized spacial score (nSPS) is 15.7. The lowest BCUT2D eigenvalue weighted by Crippen LogP contribution is -2.39. The maximum absolute atomic E-state index is 13.8. The Labute approximate surface area is 140 Å². The van der Waals surface area contributed by atoms with Crippen molar-refractivity contribution in [3.63, 3.8) is 0 Å². The van der Waals surface area contributed by atoms with Crippen LogP contribution >= 0.6 is 0 Å². The highest BCUT2D eigenvalue weighted by atomic mass is 19.1. The molecule has 0 bridgehead atoms. The number of amides is 1. The van der Waals surface area contributed by atoms with Crippen LogP contribution in [0.1, 0.15) is 25.0 Å². The predicted octanol–water partition coefficient (Wildman–Crippen LogP) is 3.25. The van der Waals surface area contributed by atoms with Crippen LogP contribution in [0.5, 0.6) is 0 Å². The van der Waals surface area contributed by atoms with Crippen molar-refractivity contribution >= 4 is 5.91 Å². The number of carbonyl (C=O) groups is 1. The van der Waals surface area contributed by atoms with Crippen molar-refractivity contribution in [2.24, 2.45) is 5.92 Å². The second-order valence-electron chi connectivity index (χ2n) is 6.25. The van der Waals surface area contributed by atoms with E-state index in [4.69, 9.17) is 9.52 Å². The van der Waals surface area contributed by atoms with E-state index in [1.807, 2.05) is 4.90 Å². The summed E-state index contributed by atoms with van der Waals surface area (Å²) in [5.41, 5.74) is 0.432. The van der Waals surface area contributed by atoms with E-state index in [1.54, 1.807) is 30.3 Å². The van der Waals surface area contributed by atoms with Gasteiger partial charge in [-0.2, -0.15) is 0 Å². The van der Waals surface area contributed by atoms with Gasteiger partial charge in [0.15, 0.2) is 0 Å². The largest absolute Gasteiger partial charge is 0.461 e. The van der Waals surface area contributed by atoms with Gasteiger partial charge >= 0.3 is 0 Å². The van der Waals surface area contributed by atoms with Gasteiger partial charge in [0.1, 0.15) is 17.3 Å². The third-order valence-corrected chi connectivity index (χ3v) is 4.61. The van der Waals surface area contributed by atoms with Crippen LogP contribution < -0.4 is 0 Å². The Morgan fingerprint density at radius 1 is 1.21 bits per heavy atom. The van der Waals surface area contributed by atoms with Gasteiger partial charge in [0.25, 0.3) is 0 Å². The van der Waals surface area contributed by atoms with Gasteiger partial charge in [0.05, 0.1) is 5.56 Å². The smallest absolute Gasteiger partial charge is 0.223 e. The van der Waals surface area contributed by atoms with Crippen molar-refractivity contribution < 1.29 is 18.7 Å².